The molecule has 1 heterocycles. The van der Waals surface area contributed by atoms with Gasteiger partial charge in [0, 0.05) is 6.54 Å². The van der Waals surface area contributed by atoms with Gasteiger partial charge in [-0.05, 0) is 56.1 Å². The second-order valence-corrected chi connectivity index (χ2v) is 5.01. The number of likely N-dealkylation sites (tertiary alicyclic amines) is 1. The summed E-state index contributed by atoms with van der Waals surface area (Å²) in [5.41, 5.74) is 0.673. The maximum Gasteiger partial charge on any atom is 0.119 e. The third kappa shape index (κ3) is 5.10. The highest BCUT2D eigenvalue weighted by atomic mass is 35.5. The van der Waals surface area contributed by atoms with Gasteiger partial charge in [-0.3, -0.25) is 4.90 Å². The lowest BCUT2D eigenvalue weighted by molar-refractivity contribution is 0.160. The maximum absolute atomic E-state index is 8.70. The van der Waals surface area contributed by atoms with Crippen LogP contribution in [0.25, 0.3) is 0 Å². The molecular formula is C15H21ClN2O. The Morgan fingerprint density at radius 3 is 2.47 bits per heavy atom. The lowest BCUT2D eigenvalue weighted by Crippen LogP contribution is -2.35. The van der Waals surface area contributed by atoms with Crippen molar-refractivity contribution in [3.05, 3.63) is 29.8 Å². The first-order valence-electron chi connectivity index (χ1n) is 6.63. The van der Waals surface area contributed by atoms with Crippen LogP contribution >= 0.6 is 12.4 Å². The van der Waals surface area contributed by atoms with E-state index < -0.39 is 0 Å². The highest BCUT2D eigenvalue weighted by molar-refractivity contribution is 5.85. The number of rotatable bonds is 4. The number of hydrogen-bond acceptors (Lipinski definition) is 3. The Hall–Kier alpha value is -1.24. The van der Waals surface area contributed by atoms with Gasteiger partial charge in [-0.2, -0.15) is 5.26 Å². The Kier molecular flexibility index (Phi) is 6.69. The average Bonchev–Trinajstić information content (AvgIpc) is 2.42. The predicted molar refractivity (Wildman–Crippen MR) is 78.7 cm³/mol. The Morgan fingerprint density at radius 2 is 1.89 bits per heavy atom. The molecule has 0 saturated carbocycles. The van der Waals surface area contributed by atoms with E-state index in [1.807, 2.05) is 12.1 Å². The van der Waals surface area contributed by atoms with Crippen LogP contribution in [0, 0.1) is 17.2 Å². The zero-order chi connectivity index (χ0) is 12.8. The van der Waals surface area contributed by atoms with Crippen LogP contribution in [-0.2, 0) is 0 Å². The van der Waals surface area contributed by atoms with Gasteiger partial charge in [0.1, 0.15) is 12.4 Å². The fourth-order valence-corrected chi connectivity index (χ4v) is 2.20. The quantitative estimate of drug-likeness (QED) is 0.850. The molecule has 0 aliphatic carbocycles. The minimum atomic E-state index is 0. The Balaban J connectivity index is 0.00000180. The number of ether oxygens (including phenoxy) is 1. The van der Waals surface area contributed by atoms with Crippen LogP contribution in [0.2, 0.25) is 0 Å². The van der Waals surface area contributed by atoms with Crippen molar-refractivity contribution in [2.75, 3.05) is 26.2 Å². The van der Waals surface area contributed by atoms with Crippen molar-refractivity contribution in [1.82, 2.24) is 4.90 Å². The Bertz CT molecular complexity index is 405. The summed E-state index contributed by atoms with van der Waals surface area (Å²) < 4.78 is 5.68. The molecule has 0 amide bonds. The largest absolute Gasteiger partial charge is 0.492 e. The van der Waals surface area contributed by atoms with Gasteiger partial charge in [-0.1, -0.05) is 6.92 Å². The van der Waals surface area contributed by atoms with Gasteiger partial charge in [0.15, 0.2) is 0 Å². The fraction of sp³-hybridized carbons (Fsp3) is 0.533. The summed E-state index contributed by atoms with van der Waals surface area (Å²) in [6.45, 7) is 6.42. The van der Waals surface area contributed by atoms with E-state index in [-0.39, 0.29) is 12.4 Å². The molecule has 1 aromatic rings. The van der Waals surface area contributed by atoms with Crippen LogP contribution < -0.4 is 4.74 Å². The van der Waals surface area contributed by atoms with Crippen LogP contribution in [0.15, 0.2) is 24.3 Å². The number of nitrogens with zero attached hydrogens (tertiary/aromatic N) is 2. The first-order valence-corrected chi connectivity index (χ1v) is 6.63. The lowest BCUT2D eigenvalue weighted by atomic mass is 9.99. The van der Waals surface area contributed by atoms with Gasteiger partial charge in [0.2, 0.25) is 0 Å². The van der Waals surface area contributed by atoms with Crippen molar-refractivity contribution in [3.8, 4) is 11.8 Å². The third-order valence-corrected chi connectivity index (χ3v) is 3.54. The number of halogens is 1. The molecule has 1 aliphatic heterocycles. The zero-order valence-corrected chi connectivity index (χ0v) is 12.2. The van der Waals surface area contributed by atoms with Gasteiger partial charge in [-0.25, -0.2) is 0 Å². The van der Waals surface area contributed by atoms with Crippen LogP contribution in [-0.4, -0.2) is 31.1 Å². The molecule has 104 valence electrons. The van der Waals surface area contributed by atoms with Crippen LogP contribution in [0.4, 0.5) is 0 Å². The molecular weight excluding hydrogens is 260 g/mol. The van der Waals surface area contributed by atoms with Gasteiger partial charge in [-0.15, -0.1) is 12.4 Å². The highest BCUT2D eigenvalue weighted by Crippen LogP contribution is 2.16. The van der Waals surface area contributed by atoms with Crippen molar-refractivity contribution in [1.29, 1.82) is 5.26 Å². The number of hydrogen-bond donors (Lipinski definition) is 0. The van der Waals surface area contributed by atoms with Crippen molar-refractivity contribution in [3.63, 3.8) is 0 Å². The lowest BCUT2D eigenvalue weighted by Gasteiger charge is -2.29. The SMILES string of the molecule is CC1CCN(CCOc2ccc(C#N)cc2)CC1.Cl. The van der Waals surface area contributed by atoms with Gasteiger partial charge < -0.3 is 4.74 Å². The van der Waals surface area contributed by atoms with Crippen LogP contribution in [0.3, 0.4) is 0 Å². The molecule has 0 atom stereocenters. The van der Waals surface area contributed by atoms with Crippen LogP contribution in [0.5, 0.6) is 5.75 Å². The van der Waals surface area contributed by atoms with E-state index in [0.29, 0.717) is 5.56 Å². The predicted octanol–water partition coefficient (Wildman–Crippen LogP) is 3.09. The first kappa shape index (κ1) is 15.8. The van der Waals surface area contributed by atoms with E-state index in [4.69, 9.17) is 10.00 Å². The second-order valence-electron chi connectivity index (χ2n) is 5.01. The highest BCUT2D eigenvalue weighted by Gasteiger charge is 2.14. The summed E-state index contributed by atoms with van der Waals surface area (Å²) in [6.07, 6.45) is 2.60. The van der Waals surface area contributed by atoms with E-state index >= 15 is 0 Å². The van der Waals surface area contributed by atoms with Crippen LogP contribution in [0.1, 0.15) is 25.3 Å². The van der Waals surface area contributed by atoms with Crippen molar-refractivity contribution in [2.45, 2.75) is 19.8 Å². The minimum Gasteiger partial charge on any atom is -0.492 e. The molecule has 0 unspecified atom stereocenters. The average molecular weight is 281 g/mol. The molecule has 0 spiro atoms. The molecule has 0 radical (unpaired) electrons. The maximum atomic E-state index is 8.70. The molecule has 0 bridgehead atoms. The summed E-state index contributed by atoms with van der Waals surface area (Å²) in [6, 6.07) is 9.40. The van der Waals surface area contributed by atoms with E-state index in [2.05, 4.69) is 17.9 Å². The minimum absolute atomic E-state index is 0. The summed E-state index contributed by atoms with van der Waals surface area (Å²) in [5, 5.41) is 8.70. The summed E-state index contributed by atoms with van der Waals surface area (Å²) in [5.74, 6) is 1.72. The van der Waals surface area contributed by atoms with E-state index in [1.165, 1.54) is 25.9 Å². The van der Waals surface area contributed by atoms with Gasteiger partial charge in [0.25, 0.3) is 0 Å². The topological polar surface area (TPSA) is 36.3 Å². The van der Waals surface area contributed by atoms with E-state index in [1.54, 1.807) is 12.1 Å². The zero-order valence-electron chi connectivity index (χ0n) is 11.3. The first-order chi connectivity index (χ1) is 8.78. The number of piperidine rings is 1. The molecule has 1 fully saturated rings. The standard InChI is InChI=1S/C15H20N2O.ClH/c1-13-6-8-17(9-7-13)10-11-18-15-4-2-14(12-16)3-5-15;/h2-5,13H,6-11H2,1H3;1H. The monoisotopic (exact) mass is 280 g/mol. The molecule has 19 heavy (non-hydrogen) atoms. The Labute approximate surface area is 121 Å². The van der Waals surface area contributed by atoms with E-state index in [9.17, 15) is 0 Å². The number of benzene rings is 1. The van der Waals surface area contributed by atoms with Crippen molar-refractivity contribution in [2.24, 2.45) is 5.92 Å². The number of nitriles is 1. The van der Waals surface area contributed by atoms with Gasteiger partial charge >= 0.3 is 0 Å². The van der Waals surface area contributed by atoms with Gasteiger partial charge in [0.05, 0.1) is 11.6 Å². The second kappa shape index (κ2) is 8.04. The Morgan fingerprint density at radius 1 is 1.26 bits per heavy atom. The molecule has 1 aromatic carbocycles. The van der Waals surface area contributed by atoms with E-state index in [0.717, 1.165) is 24.8 Å². The fourth-order valence-electron chi connectivity index (χ4n) is 2.20. The summed E-state index contributed by atoms with van der Waals surface area (Å²) in [7, 11) is 0. The normalized spacial score (nSPS) is 16.4. The molecule has 2 rings (SSSR count). The molecule has 1 aliphatic rings. The summed E-state index contributed by atoms with van der Waals surface area (Å²) in [4.78, 5) is 2.46. The molecule has 1 saturated heterocycles. The molecule has 0 aromatic heterocycles. The third-order valence-electron chi connectivity index (χ3n) is 3.54. The molecule has 3 nitrogen and oxygen atoms in total. The van der Waals surface area contributed by atoms with Crippen molar-refractivity contribution < 1.29 is 4.74 Å². The molecule has 4 heteroatoms. The molecule has 0 N–H and O–H groups in total. The van der Waals surface area contributed by atoms with Crippen molar-refractivity contribution >= 4 is 12.4 Å². The summed E-state index contributed by atoms with van der Waals surface area (Å²) >= 11 is 0. The smallest absolute Gasteiger partial charge is 0.119 e.